The summed E-state index contributed by atoms with van der Waals surface area (Å²) in [5.74, 6) is 0.921. The summed E-state index contributed by atoms with van der Waals surface area (Å²) in [7, 11) is 0. The minimum atomic E-state index is -1.38. The Labute approximate surface area is 214 Å². The predicted octanol–water partition coefficient (Wildman–Crippen LogP) is 3.75. The molecule has 1 fully saturated rings. The Morgan fingerprint density at radius 3 is 2.31 bits per heavy atom. The van der Waals surface area contributed by atoms with Gasteiger partial charge in [0, 0.05) is 11.5 Å². The second-order valence-electron chi connectivity index (χ2n) is 9.05. The quantitative estimate of drug-likeness (QED) is 0.359. The van der Waals surface area contributed by atoms with E-state index in [0.29, 0.717) is 18.1 Å². The van der Waals surface area contributed by atoms with Gasteiger partial charge in [0.1, 0.15) is 18.1 Å². The minimum absolute atomic E-state index is 0.120. The number of aryl methyl sites for hydroxylation is 2. The van der Waals surface area contributed by atoms with Crippen molar-refractivity contribution in [2.45, 2.75) is 32.1 Å². The van der Waals surface area contributed by atoms with Crippen LogP contribution in [0, 0.1) is 19.8 Å². The van der Waals surface area contributed by atoms with Crippen molar-refractivity contribution in [3.8, 4) is 22.6 Å². The number of nitrogens with one attached hydrogen (secondary N) is 1. The van der Waals surface area contributed by atoms with Gasteiger partial charge in [0.05, 0.1) is 37.6 Å². The van der Waals surface area contributed by atoms with Gasteiger partial charge in [-0.25, -0.2) is 0 Å². The fourth-order valence-corrected chi connectivity index (χ4v) is 5.47. The fraction of sp³-hybridized carbons (Fsp3) is 0.321. The van der Waals surface area contributed by atoms with E-state index in [4.69, 9.17) is 9.47 Å². The van der Waals surface area contributed by atoms with Crippen LogP contribution in [0.1, 0.15) is 33.9 Å². The van der Waals surface area contributed by atoms with Gasteiger partial charge in [-0.3, -0.25) is 4.79 Å². The first-order valence-electron chi connectivity index (χ1n) is 11.9. The lowest BCUT2D eigenvalue weighted by molar-refractivity contribution is -0.118. The SMILES string of the molecule is Cc1cc(OCC(CO)CO)cc(C)c1-c1cccc(COc2ccc(C3CC(=O)N[S+]3[O-])cc2)c1. The number of rotatable bonds is 10. The van der Waals surface area contributed by atoms with Gasteiger partial charge < -0.3 is 24.2 Å². The van der Waals surface area contributed by atoms with E-state index in [-0.39, 0.29) is 43.3 Å². The molecule has 0 saturated carbocycles. The molecule has 1 aliphatic rings. The number of hydrogen-bond donors (Lipinski definition) is 3. The van der Waals surface area contributed by atoms with Gasteiger partial charge in [0.2, 0.25) is 0 Å². The van der Waals surface area contributed by atoms with Crippen molar-refractivity contribution in [2.24, 2.45) is 5.92 Å². The lowest BCUT2D eigenvalue weighted by atomic mass is 9.94. The molecule has 1 amide bonds. The van der Waals surface area contributed by atoms with Crippen LogP contribution in [0.2, 0.25) is 0 Å². The zero-order valence-corrected chi connectivity index (χ0v) is 21.2. The second-order valence-corrected chi connectivity index (χ2v) is 10.4. The molecule has 0 radical (unpaired) electrons. The molecule has 1 saturated heterocycles. The highest BCUT2D eigenvalue weighted by Gasteiger charge is 2.36. The summed E-state index contributed by atoms with van der Waals surface area (Å²) in [5.41, 5.74) is 6.22. The summed E-state index contributed by atoms with van der Waals surface area (Å²) in [5, 5.41) is 18.2. The van der Waals surface area contributed by atoms with E-state index < -0.39 is 11.4 Å². The van der Waals surface area contributed by atoms with Crippen LogP contribution in [-0.4, -0.2) is 40.5 Å². The summed E-state index contributed by atoms with van der Waals surface area (Å²) >= 11 is -1.38. The molecule has 3 aromatic rings. The maximum absolute atomic E-state index is 12.0. The van der Waals surface area contributed by atoms with Crippen LogP contribution >= 0.6 is 0 Å². The third kappa shape index (κ3) is 6.20. The van der Waals surface area contributed by atoms with Crippen molar-refractivity contribution in [1.29, 1.82) is 0 Å². The first-order chi connectivity index (χ1) is 17.4. The molecule has 1 aliphatic heterocycles. The highest BCUT2D eigenvalue weighted by Crippen LogP contribution is 2.33. The third-order valence-corrected chi connectivity index (χ3v) is 7.61. The molecule has 3 aromatic carbocycles. The molecule has 1 heterocycles. The Balaban J connectivity index is 1.42. The Bertz CT molecular complexity index is 1170. The van der Waals surface area contributed by atoms with E-state index in [1.165, 1.54) is 0 Å². The van der Waals surface area contributed by atoms with E-state index in [9.17, 15) is 19.6 Å². The van der Waals surface area contributed by atoms with Crippen molar-refractivity contribution in [3.63, 3.8) is 0 Å². The summed E-state index contributed by atoms with van der Waals surface area (Å²) < 4.78 is 26.2. The van der Waals surface area contributed by atoms with Gasteiger partial charge in [-0.2, -0.15) is 4.72 Å². The van der Waals surface area contributed by atoms with Crippen LogP contribution in [0.25, 0.3) is 11.1 Å². The average Bonchev–Trinajstić information content (AvgIpc) is 3.21. The molecule has 0 bridgehead atoms. The first-order valence-corrected chi connectivity index (χ1v) is 13.1. The Kier molecular flexibility index (Phi) is 8.53. The maximum Gasteiger partial charge on any atom is 0.266 e. The number of aliphatic hydroxyl groups excluding tert-OH is 2. The van der Waals surface area contributed by atoms with Gasteiger partial charge in [-0.15, -0.1) is 0 Å². The highest BCUT2D eigenvalue weighted by atomic mass is 32.2. The van der Waals surface area contributed by atoms with Crippen molar-refractivity contribution in [2.75, 3.05) is 19.8 Å². The number of carbonyl (C=O) groups is 1. The van der Waals surface area contributed by atoms with Crippen molar-refractivity contribution < 1.29 is 29.0 Å². The van der Waals surface area contributed by atoms with Gasteiger partial charge >= 0.3 is 0 Å². The van der Waals surface area contributed by atoms with Crippen LogP contribution in [0.4, 0.5) is 0 Å². The zero-order chi connectivity index (χ0) is 25.7. The summed E-state index contributed by atoms with van der Waals surface area (Å²) in [4.78, 5) is 11.5. The van der Waals surface area contributed by atoms with E-state index in [1.807, 2.05) is 62.4 Å². The maximum atomic E-state index is 12.0. The van der Waals surface area contributed by atoms with E-state index in [2.05, 4.69) is 16.9 Å². The van der Waals surface area contributed by atoms with Crippen molar-refractivity contribution >= 4 is 17.3 Å². The molecule has 8 heteroatoms. The number of benzene rings is 3. The lowest BCUT2D eigenvalue weighted by Gasteiger charge is -2.17. The molecule has 7 nitrogen and oxygen atoms in total. The van der Waals surface area contributed by atoms with E-state index in [1.54, 1.807) is 0 Å². The molecule has 4 rings (SSSR count). The molecule has 0 aliphatic carbocycles. The van der Waals surface area contributed by atoms with Crippen LogP contribution in [-0.2, 0) is 22.8 Å². The van der Waals surface area contributed by atoms with Gasteiger partial charge in [-0.1, -0.05) is 30.3 Å². The molecule has 0 spiro atoms. The number of ether oxygens (including phenoxy) is 2. The number of carbonyl (C=O) groups excluding carboxylic acids is 1. The summed E-state index contributed by atoms with van der Waals surface area (Å²) in [6.45, 7) is 4.49. The van der Waals surface area contributed by atoms with Crippen LogP contribution in [0.3, 0.4) is 0 Å². The van der Waals surface area contributed by atoms with Gasteiger partial charge in [0.15, 0.2) is 5.25 Å². The van der Waals surface area contributed by atoms with Crippen LogP contribution in [0.15, 0.2) is 60.7 Å². The molecule has 2 unspecified atom stereocenters. The van der Waals surface area contributed by atoms with Gasteiger partial charge in [-0.05, 0) is 72.0 Å². The van der Waals surface area contributed by atoms with Crippen LogP contribution in [0.5, 0.6) is 11.5 Å². The molecule has 0 aromatic heterocycles. The molecular weight excluding hydrogens is 478 g/mol. The van der Waals surface area contributed by atoms with E-state index in [0.717, 1.165) is 33.4 Å². The molecule has 36 heavy (non-hydrogen) atoms. The normalized spacial score (nSPS) is 17.3. The number of amides is 1. The monoisotopic (exact) mass is 509 g/mol. The summed E-state index contributed by atoms with van der Waals surface area (Å²) in [6, 6.07) is 19.5. The minimum Gasteiger partial charge on any atom is -0.593 e. The van der Waals surface area contributed by atoms with Crippen molar-refractivity contribution in [1.82, 2.24) is 4.72 Å². The largest absolute Gasteiger partial charge is 0.593 e. The zero-order valence-electron chi connectivity index (χ0n) is 20.4. The lowest BCUT2D eigenvalue weighted by Crippen LogP contribution is -2.21. The highest BCUT2D eigenvalue weighted by molar-refractivity contribution is 7.90. The van der Waals surface area contributed by atoms with Crippen molar-refractivity contribution in [3.05, 3.63) is 82.9 Å². The Hall–Kier alpha value is -3.04. The first kappa shape index (κ1) is 26.0. The second kappa shape index (κ2) is 11.8. The summed E-state index contributed by atoms with van der Waals surface area (Å²) in [6.07, 6.45) is 0.234. The third-order valence-electron chi connectivity index (χ3n) is 6.22. The van der Waals surface area contributed by atoms with E-state index >= 15 is 0 Å². The topological polar surface area (TPSA) is 111 Å². The molecule has 3 N–H and O–H groups in total. The smallest absolute Gasteiger partial charge is 0.266 e. The number of aliphatic hydroxyl groups is 2. The van der Waals surface area contributed by atoms with Gasteiger partial charge in [0.25, 0.3) is 5.91 Å². The Morgan fingerprint density at radius 1 is 1.00 bits per heavy atom. The standard InChI is InChI=1S/C28H31NO6S/c1-18-10-25(35-17-21(14-30)15-31)11-19(2)28(18)23-5-3-4-20(12-23)16-34-24-8-6-22(7-9-24)26-13-27(32)29-36(26)33/h3-12,21,26,30-31H,13-17H2,1-2H3,(H,29,32). The van der Waals surface area contributed by atoms with Crippen LogP contribution < -0.4 is 14.2 Å². The number of hydrogen-bond acceptors (Lipinski definition) is 6. The molecule has 190 valence electrons. The molecular formula is C28H31NO6S. The fourth-order valence-electron chi connectivity index (χ4n) is 4.31. The molecule has 2 atom stereocenters. The predicted molar refractivity (Wildman–Crippen MR) is 139 cm³/mol. The average molecular weight is 510 g/mol. The Morgan fingerprint density at radius 2 is 1.69 bits per heavy atom.